The van der Waals surface area contributed by atoms with Crippen LogP contribution in [0.1, 0.15) is 24.1 Å². The fourth-order valence-electron chi connectivity index (χ4n) is 4.24. The summed E-state index contributed by atoms with van der Waals surface area (Å²) in [6, 6.07) is 13.9. The van der Waals surface area contributed by atoms with Gasteiger partial charge in [-0.15, -0.1) is 0 Å². The van der Waals surface area contributed by atoms with Gasteiger partial charge in [-0.1, -0.05) is 6.07 Å². The maximum absolute atomic E-state index is 13.3. The van der Waals surface area contributed by atoms with E-state index in [1.165, 1.54) is 11.8 Å². The standard InChI is InChI=1S/C26H21N3O6/c1-15(30)28-18-3-2-4-19(14-18)29-23(16-7-9-27-10-8-16)22(25(32)26(29)33)24(31)17-5-6-20-21(13-17)35-12-11-34-20/h2-10,13-14,23,31H,11-12H2,1H3,(H,28,30)/b24-22-. The van der Waals surface area contributed by atoms with Crippen LogP contribution < -0.4 is 19.7 Å². The molecule has 3 heterocycles. The molecule has 1 fully saturated rings. The molecule has 3 aromatic rings. The molecule has 2 N–H and O–H groups in total. The van der Waals surface area contributed by atoms with E-state index in [2.05, 4.69) is 10.3 Å². The van der Waals surface area contributed by atoms with Crippen LogP contribution in [0.25, 0.3) is 5.76 Å². The van der Waals surface area contributed by atoms with Crippen LogP contribution >= 0.6 is 0 Å². The molecule has 2 aliphatic rings. The van der Waals surface area contributed by atoms with Gasteiger partial charge in [0.05, 0.1) is 11.6 Å². The Morgan fingerprint density at radius 3 is 2.51 bits per heavy atom. The molecule has 35 heavy (non-hydrogen) atoms. The Hall–Kier alpha value is -4.66. The SMILES string of the molecule is CC(=O)Nc1cccc(N2C(=O)C(=O)/C(=C(\O)c3ccc4c(c3)OCCO4)C2c2ccncc2)c1. The van der Waals surface area contributed by atoms with Gasteiger partial charge in [0.2, 0.25) is 5.91 Å². The van der Waals surface area contributed by atoms with Gasteiger partial charge in [-0.2, -0.15) is 0 Å². The molecule has 2 aromatic carbocycles. The summed E-state index contributed by atoms with van der Waals surface area (Å²) in [5, 5.41) is 14.0. The van der Waals surface area contributed by atoms with E-state index in [-0.39, 0.29) is 17.2 Å². The van der Waals surface area contributed by atoms with E-state index in [0.717, 1.165) is 0 Å². The van der Waals surface area contributed by atoms with Crippen molar-refractivity contribution in [3.8, 4) is 11.5 Å². The first-order valence-electron chi connectivity index (χ1n) is 10.9. The largest absolute Gasteiger partial charge is 0.507 e. The molecule has 0 spiro atoms. The number of hydrogen-bond acceptors (Lipinski definition) is 7. The van der Waals surface area contributed by atoms with Crippen molar-refractivity contribution in [2.45, 2.75) is 13.0 Å². The highest BCUT2D eigenvalue weighted by Gasteiger charge is 2.47. The van der Waals surface area contributed by atoms with Gasteiger partial charge >= 0.3 is 0 Å². The van der Waals surface area contributed by atoms with Crippen LogP contribution in [0, 0.1) is 0 Å². The molecule has 9 heteroatoms. The normalized spacial score (nSPS) is 18.4. The zero-order chi connectivity index (χ0) is 24.5. The summed E-state index contributed by atoms with van der Waals surface area (Å²) in [7, 11) is 0. The minimum absolute atomic E-state index is 0.0668. The third-order valence-electron chi connectivity index (χ3n) is 5.73. The van der Waals surface area contributed by atoms with Crippen molar-refractivity contribution in [3.63, 3.8) is 0 Å². The lowest BCUT2D eigenvalue weighted by molar-refractivity contribution is -0.132. The van der Waals surface area contributed by atoms with Gasteiger partial charge in [-0.3, -0.25) is 24.3 Å². The van der Waals surface area contributed by atoms with Crippen LogP contribution in [0.4, 0.5) is 11.4 Å². The number of nitrogens with zero attached hydrogens (tertiary/aromatic N) is 2. The average Bonchev–Trinajstić information content (AvgIpc) is 3.14. The number of nitrogens with one attached hydrogen (secondary N) is 1. The summed E-state index contributed by atoms with van der Waals surface area (Å²) < 4.78 is 11.1. The summed E-state index contributed by atoms with van der Waals surface area (Å²) in [4.78, 5) is 43.5. The van der Waals surface area contributed by atoms with Gasteiger partial charge in [-0.25, -0.2) is 0 Å². The van der Waals surface area contributed by atoms with Crippen molar-refractivity contribution in [2.24, 2.45) is 0 Å². The summed E-state index contributed by atoms with van der Waals surface area (Å²) in [5.41, 5.74) is 1.70. The van der Waals surface area contributed by atoms with Crippen molar-refractivity contribution in [1.29, 1.82) is 0 Å². The third-order valence-corrected chi connectivity index (χ3v) is 5.73. The van der Waals surface area contributed by atoms with E-state index in [9.17, 15) is 19.5 Å². The Bertz CT molecular complexity index is 1370. The Morgan fingerprint density at radius 2 is 1.77 bits per heavy atom. The first kappa shape index (κ1) is 22.1. The fraction of sp³-hybridized carbons (Fsp3) is 0.154. The summed E-state index contributed by atoms with van der Waals surface area (Å²) in [5.74, 6) is -1.25. The zero-order valence-corrected chi connectivity index (χ0v) is 18.7. The predicted molar refractivity (Wildman–Crippen MR) is 127 cm³/mol. The molecule has 1 unspecified atom stereocenters. The molecule has 2 amide bonds. The highest BCUT2D eigenvalue weighted by molar-refractivity contribution is 6.51. The Kier molecular flexibility index (Phi) is 5.66. The van der Waals surface area contributed by atoms with E-state index in [4.69, 9.17) is 9.47 Å². The van der Waals surface area contributed by atoms with Gasteiger partial charge in [0, 0.05) is 36.3 Å². The number of amides is 2. The molecule has 2 aliphatic heterocycles. The van der Waals surface area contributed by atoms with Crippen LogP contribution in [-0.2, 0) is 14.4 Å². The average molecular weight is 471 g/mol. The number of aliphatic hydroxyl groups is 1. The fourth-order valence-corrected chi connectivity index (χ4v) is 4.24. The molecule has 9 nitrogen and oxygen atoms in total. The minimum atomic E-state index is -0.918. The van der Waals surface area contributed by atoms with Crippen LogP contribution in [0.5, 0.6) is 11.5 Å². The first-order chi connectivity index (χ1) is 16.9. The monoisotopic (exact) mass is 471 g/mol. The van der Waals surface area contributed by atoms with Crippen molar-refractivity contribution < 1.29 is 29.0 Å². The van der Waals surface area contributed by atoms with Crippen LogP contribution in [0.3, 0.4) is 0 Å². The van der Waals surface area contributed by atoms with E-state index < -0.39 is 17.7 Å². The van der Waals surface area contributed by atoms with E-state index in [0.29, 0.717) is 47.2 Å². The molecule has 0 saturated carbocycles. The Labute approximate surface area is 200 Å². The van der Waals surface area contributed by atoms with Gasteiger partial charge in [0.15, 0.2) is 11.5 Å². The lowest BCUT2D eigenvalue weighted by Crippen LogP contribution is -2.29. The first-order valence-corrected chi connectivity index (χ1v) is 10.9. The molecule has 176 valence electrons. The van der Waals surface area contributed by atoms with E-state index in [1.807, 2.05) is 0 Å². The number of Topliss-reactive ketones (excluding diaryl/α,β-unsaturated/α-hetero) is 1. The maximum Gasteiger partial charge on any atom is 0.300 e. The van der Waals surface area contributed by atoms with Crippen molar-refractivity contribution >= 4 is 34.7 Å². The summed E-state index contributed by atoms with van der Waals surface area (Å²) in [6.45, 7) is 2.16. The number of ketones is 1. The Balaban J connectivity index is 1.66. The van der Waals surface area contributed by atoms with E-state index >= 15 is 0 Å². The van der Waals surface area contributed by atoms with Gasteiger partial charge < -0.3 is 19.9 Å². The molecule has 5 rings (SSSR count). The van der Waals surface area contributed by atoms with E-state index in [1.54, 1.807) is 67.0 Å². The number of carbonyl (C=O) groups is 3. The highest BCUT2D eigenvalue weighted by Crippen LogP contribution is 2.43. The molecule has 0 radical (unpaired) electrons. The number of aliphatic hydroxyl groups excluding tert-OH is 1. The molecule has 1 saturated heterocycles. The number of pyridine rings is 1. The lowest BCUT2D eigenvalue weighted by atomic mass is 9.95. The second-order valence-corrected chi connectivity index (χ2v) is 8.04. The second kappa shape index (κ2) is 8.94. The molecular formula is C26H21N3O6. The minimum Gasteiger partial charge on any atom is -0.507 e. The summed E-state index contributed by atoms with van der Waals surface area (Å²) >= 11 is 0. The number of fused-ring (bicyclic) bond motifs is 1. The van der Waals surface area contributed by atoms with Crippen LogP contribution in [0.15, 0.2) is 72.6 Å². The van der Waals surface area contributed by atoms with Crippen LogP contribution in [-0.4, -0.2) is 40.9 Å². The van der Waals surface area contributed by atoms with Crippen molar-refractivity contribution in [1.82, 2.24) is 4.98 Å². The summed E-state index contributed by atoms with van der Waals surface area (Å²) in [6.07, 6.45) is 3.10. The molecule has 0 aliphatic carbocycles. The number of rotatable bonds is 4. The zero-order valence-electron chi connectivity index (χ0n) is 18.7. The number of benzene rings is 2. The smallest absolute Gasteiger partial charge is 0.300 e. The second-order valence-electron chi connectivity index (χ2n) is 8.04. The van der Waals surface area contributed by atoms with Gasteiger partial charge in [0.1, 0.15) is 19.0 Å². The number of ether oxygens (including phenoxy) is 2. The van der Waals surface area contributed by atoms with Crippen molar-refractivity contribution in [2.75, 3.05) is 23.4 Å². The number of anilines is 2. The van der Waals surface area contributed by atoms with Gasteiger partial charge in [0.25, 0.3) is 11.7 Å². The molecule has 1 aromatic heterocycles. The maximum atomic E-state index is 13.3. The molecule has 0 bridgehead atoms. The number of aromatic nitrogens is 1. The predicted octanol–water partition coefficient (Wildman–Crippen LogP) is 3.44. The topological polar surface area (TPSA) is 118 Å². The van der Waals surface area contributed by atoms with Crippen molar-refractivity contribution in [3.05, 3.63) is 83.7 Å². The third kappa shape index (κ3) is 4.08. The number of hydrogen-bond donors (Lipinski definition) is 2. The quantitative estimate of drug-likeness (QED) is 0.340. The molecular weight excluding hydrogens is 450 g/mol. The Morgan fingerprint density at radius 1 is 1.03 bits per heavy atom. The molecule has 1 atom stereocenters. The lowest BCUT2D eigenvalue weighted by Gasteiger charge is -2.26. The number of carbonyl (C=O) groups excluding carboxylic acids is 3. The highest BCUT2D eigenvalue weighted by atomic mass is 16.6. The van der Waals surface area contributed by atoms with Gasteiger partial charge in [-0.05, 0) is 54.1 Å². The van der Waals surface area contributed by atoms with Crippen LogP contribution in [0.2, 0.25) is 0 Å².